The molecule has 41 heavy (non-hydrogen) atoms. The van der Waals surface area contributed by atoms with Crippen LogP contribution in [0.15, 0.2) is 60.7 Å². The van der Waals surface area contributed by atoms with Gasteiger partial charge in [-0.15, -0.1) is 0 Å². The fourth-order valence-electron chi connectivity index (χ4n) is 4.87. The Kier molecular flexibility index (Phi) is 12.1. The molecule has 0 bridgehead atoms. The molecule has 0 saturated carbocycles. The van der Waals surface area contributed by atoms with Crippen LogP contribution in [0.5, 0.6) is 0 Å². The molecular formula is C31H40N2O8. The van der Waals surface area contributed by atoms with E-state index >= 15 is 0 Å². The quantitative estimate of drug-likeness (QED) is 0.292. The zero-order valence-corrected chi connectivity index (χ0v) is 23.3. The van der Waals surface area contributed by atoms with Crippen molar-refractivity contribution in [2.45, 2.75) is 76.2 Å². The van der Waals surface area contributed by atoms with Gasteiger partial charge >= 0.3 is 17.9 Å². The van der Waals surface area contributed by atoms with Crippen LogP contribution in [0, 0.1) is 0 Å². The third-order valence-corrected chi connectivity index (χ3v) is 7.37. The summed E-state index contributed by atoms with van der Waals surface area (Å²) in [7, 11) is 0. The van der Waals surface area contributed by atoms with Crippen LogP contribution in [-0.2, 0) is 46.5 Å². The molecule has 2 aromatic rings. The van der Waals surface area contributed by atoms with Crippen molar-refractivity contribution in [3.05, 3.63) is 71.8 Å². The van der Waals surface area contributed by atoms with Crippen molar-refractivity contribution in [1.29, 1.82) is 0 Å². The van der Waals surface area contributed by atoms with E-state index in [9.17, 15) is 19.5 Å². The summed E-state index contributed by atoms with van der Waals surface area (Å²) >= 11 is 0. The van der Waals surface area contributed by atoms with Gasteiger partial charge in [0.2, 0.25) is 0 Å². The van der Waals surface area contributed by atoms with E-state index in [2.05, 4.69) is 5.32 Å². The molecule has 1 unspecified atom stereocenters. The first-order chi connectivity index (χ1) is 20.0. The number of carbonyl (C=O) groups excluding carboxylic acids is 2. The number of hydrogen-bond acceptors (Lipinski definition) is 9. The van der Waals surface area contributed by atoms with E-state index in [0.29, 0.717) is 39.0 Å². The van der Waals surface area contributed by atoms with Gasteiger partial charge < -0.3 is 29.4 Å². The molecule has 2 aliphatic heterocycles. The predicted molar refractivity (Wildman–Crippen MR) is 150 cm³/mol. The number of rotatable bonds is 16. The Bertz CT molecular complexity index is 1090. The second-order valence-corrected chi connectivity index (χ2v) is 10.4. The van der Waals surface area contributed by atoms with Gasteiger partial charge in [0.1, 0.15) is 25.3 Å². The minimum Gasteiger partial charge on any atom is -0.480 e. The van der Waals surface area contributed by atoms with Crippen molar-refractivity contribution in [2.75, 3.05) is 26.2 Å². The number of carboxylic acid groups (broad SMARTS) is 1. The second-order valence-electron chi connectivity index (χ2n) is 10.4. The smallest absolute Gasteiger partial charge is 0.335 e. The first kappa shape index (κ1) is 30.6. The lowest BCUT2D eigenvalue weighted by atomic mass is 10.0. The summed E-state index contributed by atoms with van der Waals surface area (Å²) < 4.78 is 22.9. The predicted octanol–water partition coefficient (Wildman–Crippen LogP) is 3.28. The average Bonchev–Trinajstić information content (AvgIpc) is 2.98. The summed E-state index contributed by atoms with van der Waals surface area (Å²) in [5, 5.41) is 12.6. The number of carbonyl (C=O) groups is 3. The molecule has 222 valence electrons. The SMILES string of the molecule is O=C(OCc1ccccc1)[C@H](CCN1CC[C@H]1C(=O)O)NCC[C@H](OC1CCCCO1)C(=O)OCc1ccccc1. The Balaban J connectivity index is 1.34. The fraction of sp³-hybridized carbons (Fsp3) is 0.516. The Morgan fingerprint density at radius 1 is 0.902 bits per heavy atom. The highest BCUT2D eigenvalue weighted by Crippen LogP contribution is 2.20. The number of nitrogens with zero attached hydrogens (tertiary/aromatic N) is 1. The van der Waals surface area contributed by atoms with Crippen LogP contribution in [0.25, 0.3) is 0 Å². The first-order valence-corrected chi connectivity index (χ1v) is 14.4. The lowest BCUT2D eigenvalue weighted by molar-refractivity contribution is -0.205. The number of hydrogen-bond donors (Lipinski definition) is 2. The van der Waals surface area contributed by atoms with Crippen molar-refractivity contribution >= 4 is 17.9 Å². The Morgan fingerprint density at radius 3 is 2.12 bits per heavy atom. The first-order valence-electron chi connectivity index (χ1n) is 14.4. The third kappa shape index (κ3) is 9.93. The van der Waals surface area contributed by atoms with E-state index < -0.39 is 42.4 Å². The zero-order valence-electron chi connectivity index (χ0n) is 23.3. The molecule has 2 heterocycles. The molecular weight excluding hydrogens is 528 g/mol. The lowest BCUT2D eigenvalue weighted by Crippen LogP contribution is -2.54. The fourth-order valence-corrected chi connectivity index (χ4v) is 4.87. The number of ether oxygens (including phenoxy) is 4. The Morgan fingerprint density at radius 2 is 1.56 bits per heavy atom. The van der Waals surface area contributed by atoms with Crippen molar-refractivity contribution < 1.29 is 38.4 Å². The minimum absolute atomic E-state index is 0.132. The van der Waals surface area contributed by atoms with Crippen molar-refractivity contribution in [1.82, 2.24) is 10.2 Å². The molecule has 2 saturated heterocycles. The average molecular weight is 569 g/mol. The molecule has 2 aliphatic rings. The highest BCUT2D eigenvalue weighted by atomic mass is 16.7. The van der Waals surface area contributed by atoms with Crippen LogP contribution in [0.2, 0.25) is 0 Å². The Labute approximate surface area is 240 Å². The van der Waals surface area contributed by atoms with Gasteiger partial charge in [0.05, 0.1) is 0 Å². The summed E-state index contributed by atoms with van der Waals surface area (Å²) in [5.41, 5.74) is 1.74. The molecule has 0 aromatic heterocycles. The number of aliphatic carboxylic acids is 1. The van der Waals surface area contributed by atoms with Crippen LogP contribution in [0.1, 0.15) is 49.7 Å². The summed E-state index contributed by atoms with van der Waals surface area (Å²) in [4.78, 5) is 39.4. The molecule has 0 radical (unpaired) electrons. The summed E-state index contributed by atoms with van der Waals surface area (Å²) in [6, 6.07) is 17.6. The minimum atomic E-state index is -0.873. The van der Waals surface area contributed by atoms with Gasteiger partial charge in [0.25, 0.3) is 0 Å². The maximum atomic E-state index is 13.1. The maximum absolute atomic E-state index is 13.1. The number of esters is 2. The highest BCUT2D eigenvalue weighted by molar-refractivity contribution is 5.76. The van der Waals surface area contributed by atoms with Crippen molar-refractivity contribution in [2.24, 2.45) is 0 Å². The van der Waals surface area contributed by atoms with E-state index in [4.69, 9.17) is 18.9 Å². The normalized spacial score (nSPS) is 20.4. The summed E-state index contributed by atoms with van der Waals surface area (Å²) in [5.74, 6) is -1.77. The molecule has 0 spiro atoms. The van der Waals surface area contributed by atoms with Crippen LogP contribution in [0.3, 0.4) is 0 Å². The van der Waals surface area contributed by atoms with Crippen LogP contribution in [-0.4, -0.2) is 78.6 Å². The van der Waals surface area contributed by atoms with Gasteiger partial charge in [0, 0.05) is 19.7 Å². The van der Waals surface area contributed by atoms with Crippen molar-refractivity contribution in [3.63, 3.8) is 0 Å². The molecule has 4 atom stereocenters. The zero-order chi connectivity index (χ0) is 28.9. The van der Waals surface area contributed by atoms with E-state index in [-0.39, 0.29) is 26.2 Å². The number of likely N-dealkylation sites (tertiary alicyclic amines) is 1. The molecule has 4 rings (SSSR count). The van der Waals surface area contributed by atoms with Crippen molar-refractivity contribution in [3.8, 4) is 0 Å². The number of benzene rings is 2. The summed E-state index contributed by atoms with van der Waals surface area (Å²) in [6.07, 6.45) is 2.48. The van der Waals surface area contributed by atoms with E-state index in [1.165, 1.54) is 0 Å². The number of nitrogens with one attached hydrogen (secondary N) is 1. The summed E-state index contributed by atoms with van der Waals surface area (Å²) in [6.45, 7) is 2.24. The second kappa shape index (κ2) is 16.2. The van der Waals surface area contributed by atoms with Gasteiger partial charge in [-0.05, 0) is 56.2 Å². The van der Waals surface area contributed by atoms with Gasteiger partial charge in [-0.3, -0.25) is 14.5 Å². The monoisotopic (exact) mass is 568 g/mol. The largest absolute Gasteiger partial charge is 0.480 e. The molecule has 0 amide bonds. The van der Waals surface area contributed by atoms with Gasteiger partial charge in [0.15, 0.2) is 12.4 Å². The topological polar surface area (TPSA) is 124 Å². The standard InChI is InChI=1S/C31H40N2O8/c34-29(35)26-16-19-33(26)18-15-25(30(36)39-21-23-9-3-1-4-10-23)32-17-14-27(41-28-13-7-8-20-38-28)31(37)40-22-24-11-5-2-6-12-24/h1-6,9-12,25-28,32H,7-8,13-22H2,(H,34,35)/t25-,26-,27-,28?/m0/s1. The lowest BCUT2D eigenvalue weighted by Gasteiger charge is -2.38. The molecule has 2 fully saturated rings. The molecule has 2 aromatic carbocycles. The molecule has 10 heteroatoms. The molecule has 0 aliphatic carbocycles. The van der Waals surface area contributed by atoms with Gasteiger partial charge in [-0.1, -0.05) is 60.7 Å². The maximum Gasteiger partial charge on any atom is 0.335 e. The molecule has 2 N–H and O–H groups in total. The van der Waals surface area contributed by atoms with Crippen LogP contribution < -0.4 is 5.32 Å². The molecule has 10 nitrogen and oxygen atoms in total. The Hall–Kier alpha value is -3.31. The van der Waals surface area contributed by atoms with Gasteiger partial charge in [-0.2, -0.15) is 0 Å². The third-order valence-electron chi connectivity index (χ3n) is 7.37. The van der Waals surface area contributed by atoms with Gasteiger partial charge in [-0.25, -0.2) is 4.79 Å². The van der Waals surface area contributed by atoms with Crippen LogP contribution in [0.4, 0.5) is 0 Å². The van der Waals surface area contributed by atoms with E-state index in [1.807, 2.05) is 65.6 Å². The van der Waals surface area contributed by atoms with E-state index in [0.717, 1.165) is 24.0 Å². The number of carboxylic acids is 1. The van der Waals surface area contributed by atoms with Crippen LogP contribution >= 0.6 is 0 Å². The highest BCUT2D eigenvalue weighted by Gasteiger charge is 2.35. The van der Waals surface area contributed by atoms with E-state index in [1.54, 1.807) is 0 Å².